The standard InChI is InChI=1S/C16H29NO3/c1-3-5-7-14(4-2)12-19-13-15(18)10-17-11-16-8-6-9-20-16/h6,8-9,14-15,17-18H,3-5,7,10-13H2,1-2H3. The third-order valence-electron chi connectivity index (χ3n) is 3.47. The van der Waals surface area contributed by atoms with Crippen LogP contribution in [0.25, 0.3) is 0 Å². The third kappa shape index (κ3) is 7.68. The Labute approximate surface area is 122 Å². The van der Waals surface area contributed by atoms with Gasteiger partial charge >= 0.3 is 0 Å². The van der Waals surface area contributed by atoms with Crippen molar-refractivity contribution in [2.24, 2.45) is 5.92 Å². The van der Waals surface area contributed by atoms with Crippen LogP contribution in [-0.2, 0) is 11.3 Å². The van der Waals surface area contributed by atoms with Crippen LogP contribution in [-0.4, -0.2) is 31.0 Å². The Balaban J connectivity index is 2.02. The Bertz CT molecular complexity index is 314. The zero-order valence-electron chi connectivity index (χ0n) is 12.8. The molecule has 2 unspecified atom stereocenters. The van der Waals surface area contributed by atoms with Gasteiger partial charge in [-0.15, -0.1) is 0 Å². The second-order valence-electron chi connectivity index (χ2n) is 5.32. The number of ether oxygens (including phenoxy) is 1. The van der Waals surface area contributed by atoms with E-state index in [1.54, 1.807) is 6.26 Å². The lowest BCUT2D eigenvalue weighted by Crippen LogP contribution is -2.30. The molecule has 20 heavy (non-hydrogen) atoms. The molecule has 4 heteroatoms. The van der Waals surface area contributed by atoms with Crippen LogP contribution in [0.4, 0.5) is 0 Å². The summed E-state index contributed by atoms with van der Waals surface area (Å²) >= 11 is 0. The number of unbranched alkanes of at least 4 members (excludes halogenated alkanes) is 1. The largest absolute Gasteiger partial charge is 0.468 e. The Morgan fingerprint density at radius 3 is 2.85 bits per heavy atom. The minimum Gasteiger partial charge on any atom is -0.468 e. The Kier molecular flexibility index (Phi) is 9.37. The van der Waals surface area contributed by atoms with Crippen molar-refractivity contribution in [3.63, 3.8) is 0 Å². The summed E-state index contributed by atoms with van der Waals surface area (Å²) in [5, 5.41) is 13.0. The Morgan fingerprint density at radius 1 is 1.35 bits per heavy atom. The van der Waals surface area contributed by atoms with Crippen molar-refractivity contribution in [2.45, 2.75) is 52.2 Å². The van der Waals surface area contributed by atoms with Gasteiger partial charge < -0.3 is 19.6 Å². The van der Waals surface area contributed by atoms with E-state index in [9.17, 15) is 5.11 Å². The minimum atomic E-state index is -0.464. The summed E-state index contributed by atoms with van der Waals surface area (Å²) < 4.78 is 10.8. The van der Waals surface area contributed by atoms with Crippen LogP contribution < -0.4 is 5.32 Å². The normalized spacial score (nSPS) is 14.3. The van der Waals surface area contributed by atoms with E-state index in [4.69, 9.17) is 9.15 Å². The highest BCUT2D eigenvalue weighted by atomic mass is 16.5. The maximum absolute atomic E-state index is 9.82. The first-order valence-corrected chi connectivity index (χ1v) is 7.75. The van der Waals surface area contributed by atoms with Gasteiger partial charge in [-0.1, -0.05) is 33.1 Å². The number of nitrogens with one attached hydrogen (secondary N) is 1. The van der Waals surface area contributed by atoms with E-state index in [0.717, 1.165) is 18.8 Å². The highest BCUT2D eigenvalue weighted by Gasteiger charge is 2.09. The predicted molar refractivity (Wildman–Crippen MR) is 80.5 cm³/mol. The van der Waals surface area contributed by atoms with E-state index < -0.39 is 6.10 Å². The second kappa shape index (κ2) is 10.9. The third-order valence-corrected chi connectivity index (χ3v) is 3.47. The van der Waals surface area contributed by atoms with Gasteiger partial charge in [0, 0.05) is 13.2 Å². The van der Waals surface area contributed by atoms with E-state index in [0.29, 0.717) is 25.6 Å². The van der Waals surface area contributed by atoms with Gasteiger partial charge in [-0.05, 0) is 24.5 Å². The van der Waals surface area contributed by atoms with Crippen LogP contribution in [0.2, 0.25) is 0 Å². The molecule has 0 bridgehead atoms. The first kappa shape index (κ1) is 17.2. The molecule has 0 aliphatic rings. The molecule has 0 radical (unpaired) electrons. The molecule has 0 aliphatic carbocycles. The van der Waals surface area contributed by atoms with Gasteiger partial charge in [0.15, 0.2) is 0 Å². The number of rotatable bonds is 12. The van der Waals surface area contributed by atoms with Crippen LogP contribution in [0, 0.1) is 5.92 Å². The predicted octanol–water partition coefficient (Wildman–Crippen LogP) is 2.96. The molecule has 0 saturated heterocycles. The molecule has 2 atom stereocenters. The zero-order chi connectivity index (χ0) is 14.6. The highest BCUT2D eigenvalue weighted by Crippen LogP contribution is 2.12. The van der Waals surface area contributed by atoms with Crippen LogP contribution in [0.1, 0.15) is 45.3 Å². The molecule has 0 aliphatic heterocycles. The first-order chi connectivity index (χ1) is 9.76. The average molecular weight is 283 g/mol. The number of aliphatic hydroxyl groups excluding tert-OH is 1. The smallest absolute Gasteiger partial charge is 0.117 e. The zero-order valence-corrected chi connectivity index (χ0v) is 12.8. The molecule has 4 nitrogen and oxygen atoms in total. The van der Waals surface area contributed by atoms with Crippen LogP contribution in [0.5, 0.6) is 0 Å². The molecular formula is C16H29NO3. The topological polar surface area (TPSA) is 54.6 Å². The summed E-state index contributed by atoms with van der Waals surface area (Å²) in [6.45, 7) is 6.72. The molecule has 0 fully saturated rings. The number of aliphatic hydroxyl groups is 1. The fourth-order valence-electron chi connectivity index (χ4n) is 2.10. The Morgan fingerprint density at radius 2 is 2.20 bits per heavy atom. The first-order valence-electron chi connectivity index (χ1n) is 7.75. The van der Waals surface area contributed by atoms with Crippen molar-refractivity contribution in [1.82, 2.24) is 5.32 Å². The number of furan rings is 1. The lowest BCUT2D eigenvalue weighted by Gasteiger charge is -2.17. The van der Waals surface area contributed by atoms with Crippen LogP contribution >= 0.6 is 0 Å². The fraction of sp³-hybridized carbons (Fsp3) is 0.750. The van der Waals surface area contributed by atoms with Gasteiger partial charge in [0.2, 0.25) is 0 Å². The summed E-state index contributed by atoms with van der Waals surface area (Å²) in [7, 11) is 0. The summed E-state index contributed by atoms with van der Waals surface area (Å²) in [6.07, 6.45) is 6.05. The van der Waals surface area contributed by atoms with Gasteiger partial charge in [-0.3, -0.25) is 0 Å². The van der Waals surface area contributed by atoms with Crippen LogP contribution in [0.3, 0.4) is 0 Å². The molecule has 1 aromatic rings. The van der Waals surface area contributed by atoms with E-state index >= 15 is 0 Å². The SMILES string of the molecule is CCCCC(CC)COCC(O)CNCc1ccco1. The van der Waals surface area contributed by atoms with E-state index in [1.165, 1.54) is 19.3 Å². The lowest BCUT2D eigenvalue weighted by atomic mass is 10.0. The number of hydrogen-bond donors (Lipinski definition) is 2. The highest BCUT2D eigenvalue weighted by molar-refractivity contribution is 4.97. The molecule has 2 N–H and O–H groups in total. The van der Waals surface area contributed by atoms with Crippen LogP contribution in [0.15, 0.2) is 22.8 Å². The van der Waals surface area contributed by atoms with Crippen molar-refractivity contribution >= 4 is 0 Å². The second-order valence-corrected chi connectivity index (χ2v) is 5.32. The van der Waals surface area contributed by atoms with Crippen molar-refractivity contribution in [3.8, 4) is 0 Å². The summed E-state index contributed by atoms with van der Waals surface area (Å²) in [4.78, 5) is 0. The van der Waals surface area contributed by atoms with Crippen molar-refractivity contribution in [2.75, 3.05) is 19.8 Å². The summed E-state index contributed by atoms with van der Waals surface area (Å²) in [5.41, 5.74) is 0. The molecule has 1 rings (SSSR count). The van der Waals surface area contributed by atoms with Gasteiger partial charge in [0.25, 0.3) is 0 Å². The average Bonchev–Trinajstić information content (AvgIpc) is 2.96. The molecule has 0 amide bonds. The molecule has 0 aromatic carbocycles. The molecule has 116 valence electrons. The lowest BCUT2D eigenvalue weighted by molar-refractivity contribution is 0.0191. The minimum absolute atomic E-state index is 0.397. The molecule has 0 spiro atoms. The van der Waals surface area contributed by atoms with E-state index in [-0.39, 0.29) is 0 Å². The molecule has 0 saturated carbocycles. The molecular weight excluding hydrogens is 254 g/mol. The van der Waals surface area contributed by atoms with E-state index in [1.807, 2.05) is 12.1 Å². The maximum Gasteiger partial charge on any atom is 0.117 e. The Hall–Kier alpha value is -0.840. The maximum atomic E-state index is 9.82. The van der Waals surface area contributed by atoms with Crippen molar-refractivity contribution in [1.29, 1.82) is 0 Å². The monoisotopic (exact) mass is 283 g/mol. The quantitative estimate of drug-likeness (QED) is 0.619. The molecule has 1 aromatic heterocycles. The van der Waals surface area contributed by atoms with Gasteiger partial charge in [0.1, 0.15) is 5.76 Å². The van der Waals surface area contributed by atoms with Gasteiger partial charge in [-0.2, -0.15) is 0 Å². The van der Waals surface area contributed by atoms with Gasteiger partial charge in [0.05, 0.1) is 25.5 Å². The van der Waals surface area contributed by atoms with Gasteiger partial charge in [-0.25, -0.2) is 0 Å². The number of hydrogen-bond acceptors (Lipinski definition) is 4. The summed E-state index contributed by atoms with van der Waals surface area (Å²) in [5.74, 6) is 1.50. The molecule has 1 heterocycles. The van der Waals surface area contributed by atoms with Crippen molar-refractivity contribution < 1.29 is 14.3 Å². The van der Waals surface area contributed by atoms with Crippen molar-refractivity contribution in [3.05, 3.63) is 24.2 Å². The fourth-order valence-corrected chi connectivity index (χ4v) is 2.10. The van der Waals surface area contributed by atoms with E-state index in [2.05, 4.69) is 19.2 Å². The summed E-state index contributed by atoms with van der Waals surface area (Å²) in [6, 6.07) is 3.77.